The highest BCUT2D eigenvalue weighted by Gasteiger charge is 2.22. The van der Waals surface area contributed by atoms with E-state index in [4.69, 9.17) is 18.5 Å². The van der Waals surface area contributed by atoms with Gasteiger partial charge in [-0.2, -0.15) is 0 Å². The largest absolute Gasteiger partial charge is 0.756 e. The molecule has 86 heavy (non-hydrogen) atoms. The number of carbonyl (C=O) groups is 2. The second-order valence-corrected chi connectivity index (χ2v) is 25.5. The van der Waals surface area contributed by atoms with E-state index >= 15 is 0 Å². The molecule has 2 unspecified atom stereocenters. The second-order valence-electron chi connectivity index (χ2n) is 24.1. The van der Waals surface area contributed by atoms with Crippen LogP contribution in [0.1, 0.15) is 284 Å². The van der Waals surface area contributed by atoms with Gasteiger partial charge in [0.1, 0.15) is 19.8 Å². The molecule has 0 amide bonds. The number of unbranched alkanes of at least 4 members (excludes halogenated alkanes) is 27. The zero-order chi connectivity index (χ0) is 62.6. The van der Waals surface area contributed by atoms with Crippen LogP contribution >= 0.6 is 7.82 Å². The Kier molecular flexibility index (Phi) is 62.7. The quantitative estimate of drug-likeness (QED) is 0.0195. The minimum atomic E-state index is -4.65. The summed E-state index contributed by atoms with van der Waals surface area (Å²) in [7, 11) is 1.16. The number of esters is 2. The van der Waals surface area contributed by atoms with Crippen LogP contribution in [-0.2, 0) is 32.7 Å². The molecule has 0 bridgehead atoms. The highest BCUT2D eigenvalue weighted by Crippen LogP contribution is 2.38. The summed E-state index contributed by atoms with van der Waals surface area (Å²) in [6, 6.07) is 0. The monoisotopic (exact) mass is 1220 g/mol. The number of hydrogen-bond donors (Lipinski definition) is 0. The van der Waals surface area contributed by atoms with Crippen LogP contribution in [0.15, 0.2) is 134 Å². The molecular weight excluding hydrogens is 1090 g/mol. The molecule has 0 aliphatic rings. The molecule has 2 atom stereocenters. The topological polar surface area (TPSA) is 111 Å². The van der Waals surface area contributed by atoms with Crippen molar-refractivity contribution in [2.24, 2.45) is 0 Å². The van der Waals surface area contributed by atoms with Crippen molar-refractivity contribution in [3.63, 3.8) is 0 Å². The number of phosphoric acid groups is 1. The Bertz CT molecular complexity index is 1910. The number of allylic oxidation sites excluding steroid dienone is 22. The third-order valence-corrected chi connectivity index (χ3v) is 15.6. The predicted molar refractivity (Wildman–Crippen MR) is 369 cm³/mol. The van der Waals surface area contributed by atoms with Crippen LogP contribution in [0.2, 0.25) is 0 Å². The molecule has 0 saturated carbocycles. The van der Waals surface area contributed by atoms with Gasteiger partial charge in [-0.15, -0.1) is 0 Å². The van der Waals surface area contributed by atoms with Gasteiger partial charge >= 0.3 is 11.9 Å². The van der Waals surface area contributed by atoms with Crippen LogP contribution in [0.25, 0.3) is 0 Å². The summed E-state index contributed by atoms with van der Waals surface area (Å²) in [4.78, 5) is 38.1. The Morgan fingerprint density at radius 3 is 0.930 bits per heavy atom. The lowest BCUT2D eigenvalue weighted by atomic mass is 10.0. The van der Waals surface area contributed by atoms with Crippen LogP contribution in [0, 0.1) is 0 Å². The summed E-state index contributed by atoms with van der Waals surface area (Å²) in [6.45, 7) is 4.02. The van der Waals surface area contributed by atoms with Crippen molar-refractivity contribution in [2.45, 2.75) is 290 Å². The lowest BCUT2D eigenvalue weighted by Gasteiger charge is -2.28. The number of hydrogen-bond acceptors (Lipinski definition) is 8. The Balaban J connectivity index is 4.07. The summed E-state index contributed by atoms with van der Waals surface area (Å²) in [6.07, 6.45) is 95.2. The van der Waals surface area contributed by atoms with Crippen molar-refractivity contribution in [1.82, 2.24) is 0 Å². The maximum atomic E-state index is 12.9. The van der Waals surface area contributed by atoms with Gasteiger partial charge in [-0.05, 0) is 109 Å². The van der Waals surface area contributed by atoms with E-state index in [1.54, 1.807) is 0 Å². The van der Waals surface area contributed by atoms with Crippen molar-refractivity contribution < 1.29 is 42.1 Å². The van der Waals surface area contributed by atoms with E-state index in [1.165, 1.54) is 135 Å². The molecule has 0 rings (SSSR count). The summed E-state index contributed by atoms with van der Waals surface area (Å²) in [5, 5.41) is 0. The number of likely N-dealkylation sites (N-methyl/N-ethyl adjacent to an activating group) is 1. The van der Waals surface area contributed by atoms with E-state index in [2.05, 4.69) is 148 Å². The molecule has 0 N–H and O–H groups in total. The van der Waals surface area contributed by atoms with E-state index in [0.717, 1.165) is 116 Å². The van der Waals surface area contributed by atoms with Gasteiger partial charge in [0.2, 0.25) is 0 Å². The van der Waals surface area contributed by atoms with Gasteiger partial charge < -0.3 is 27.9 Å². The van der Waals surface area contributed by atoms with E-state index in [1.807, 2.05) is 21.1 Å². The highest BCUT2D eigenvalue weighted by atomic mass is 31.2. The van der Waals surface area contributed by atoms with E-state index < -0.39 is 26.5 Å². The molecule has 0 aromatic rings. The van der Waals surface area contributed by atoms with Gasteiger partial charge in [-0.3, -0.25) is 14.2 Å². The molecule has 0 heterocycles. The number of rotatable bonds is 63. The van der Waals surface area contributed by atoms with Gasteiger partial charge in [0.05, 0.1) is 27.7 Å². The first-order valence-electron chi connectivity index (χ1n) is 34.9. The number of phosphoric ester groups is 1. The molecule has 0 aliphatic heterocycles. The molecule has 492 valence electrons. The van der Waals surface area contributed by atoms with Crippen LogP contribution in [0.4, 0.5) is 0 Å². The number of quaternary nitrogens is 1. The molecule has 0 saturated heterocycles. The fraction of sp³-hybridized carbons (Fsp3) is 0.684. The Morgan fingerprint density at radius 1 is 0.360 bits per heavy atom. The molecule has 10 heteroatoms. The second kappa shape index (κ2) is 65.6. The van der Waals surface area contributed by atoms with Gasteiger partial charge in [0.25, 0.3) is 7.82 Å². The predicted octanol–water partition coefficient (Wildman–Crippen LogP) is 22.2. The van der Waals surface area contributed by atoms with Crippen molar-refractivity contribution in [2.75, 3.05) is 47.5 Å². The first-order chi connectivity index (χ1) is 42.0. The fourth-order valence-electron chi connectivity index (χ4n) is 9.39. The van der Waals surface area contributed by atoms with Crippen molar-refractivity contribution in [3.05, 3.63) is 134 Å². The maximum Gasteiger partial charge on any atom is 0.306 e. The fourth-order valence-corrected chi connectivity index (χ4v) is 10.1. The van der Waals surface area contributed by atoms with Crippen molar-refractivity contribution >= 4 is 19.8 Å². The third-order valence-electron chi connectivity index (χ3n) is 14.7. The molecule has 0 radical (unpaired) electrons. The maximum absolute atomic E-state index is 12.9. The Labute approximate surface area is 530 Å². The molecule has 0 spiro atoms. The number of carbonyl (C=O) groups excluding carboxylic acids is 2. The molecular formula is C76H130NO8P. The lowest BCUT2D eigenvalue weighted by Crippen LogP contribution is -2.37. The number of nitrogens with zero attached hydrogens (tertiary/aromatic N) is 1. The van der Waals surface area contributed by atoms with Gasteiger partial charge in [0, 0.05) is 12.8 Å². The van der Waals surface area contributed by atoms with E-state index in [-0.39, 0.29) is 32.0 Å². The minimum Gasteiger partial charge on any atom is -0.756 e. The van der Waals surface area contributed by atoms with Crippen molar-refractivity contribution in [1.29, 1.82) is 0 Å². The van der Waals surface area contributed by atoms with Crippen LogP contribution in [0.3, 0.4) is 0 Å². The summed E-state index contributed by atoms with van der Waals surface area (Å²) >= 11 is 0. The van der Waals surface area contributed by atoms with E-state index in [9.17, 15) is 19.0 Å². The summed E-state index contributed by atoms with van der Waals surface area (Å²) < 4.78 is 34.3. The molecule has 9 nitrogen and oxygen atoms in total. The number of ether oxygens (including phenoxy) is 2. The first kappa shape index (κ1) is 82.1. The third kappa shape index (κ3) is 69.3. The van der Waals surface area contributed by atoms with Crippen LogP contribution < -0.4 is 4.89 Å². The lowest BCUT2D eigenvalue weighted by molar-refractivity contribution is -0.870. The Hall–Kier alpha value is -3.85. The van der Waals surface area contributed by atoms with Crippen molar-refractivity contribution in [3.8, 4) is 0 Å². The first-order valence-corrected chi connectivity index (χ1v) is 36.4. The van der Waals surface area contributed by atoms with E-state index in [0.29, 0.717) is 17.4 Å². The standard InChI is InChI=1S/C76H130NO8P/c1-6-8-10-12-14-16-18-20-22-24-26-28-30-32-34-36-37-38-39-41-42-44-46-48-50-52-54-56-58-60-62-64-66-68-75(78)82-72-74(73-84-86(80,81)83-71-70-77(3,4)5)85-76(79)69-67-65-63-61-59-57-55-53-51-49-47-45-43-40-35-33-31-29-27-25-23-21-19-17-15-13-11-9-7-2/h8-11,14-17,20-23,26-29,32-35,43,45,74H,6-7,12-13,18-19,24-25,30-31,36-42,44,46-73H2,1-5H3/b10-8-,11-9-,16-14-,17-15-,22-20-,23-21-,28-26-,29-27-,34-32-,35-33-,45-43-. The normalized spacial score (nSPS) is 14.0. The summed E-state index contributed by atoms with van der Waals surface area (Å²) in [5.41, 5.74) is 0. The average Bonchev–Trinajstić information content (AvgIpc) is 3.67. The smallest absolute Gasteiger partial charge is 0.306 e. The highest BCUT2D eigenvalue weighted by molar-refractivity contribution is 7.45. The SMILES string of the molecule is CC/C=C\C/C=C\C/C=C\C/C=C\C/C=C\C/C=C\CCCCCCCCCCCCC(=O)OC(COC(=O)CCCCCCCCCCCCCCCCCCC/C=C\C/C=C\C/C=C\C/C=C\C/C=C\CC)COP(=O)([O-])OCC[N+](C)(C)C. The zero-order valence-electron chi connectivity index (χ0n) is 56.0. The van der Waals surface area contributed by atoms with Gasteiger partial charge in [-0.25, -0.2) is 0 Å². The van der Waals surface area contributed by atoms with Gasteiger partial charge in [0.15, 0.2) is 6.10 Å². The summed E-state index contributed by atoms with van der Waals surface area (Å²) in [5.74, 6) is -0.837. The molecule has 0 aromatic heterocycles. The minimum absolute atomic E-state index is 0.0367. The Morgan fingerprint density at radius 2 is 0.628 bits per heavy atom. The zero-order valence-corrected chi connectivity index (χ0v) is 56.9. The average molecular weight is 1220 g/mol. The van der Waals surface area contributed by atoms with Crippen LogP contribution in [-0.4, -0.2) is 70.0 Å². The molecule has 0 aromatic carbocycles. The van der Waals surface area contributed by atoms with Gasteiger partial charge in [-0.1, -0.05) is 295 Å². The molecule has 0 aliphatic carbocycles. The molecule has 0 fully saturated rings. The van der Waals surface area contributed by atoms with Crippen LogP contribution in [0.5, 0.6) is 0 Å².